The molecule has 2 N–H and O–H groups in total. The fourth-order valence-electron chi connectivity index (χ4n) is 5.25. The molecule has 2 aliphatic rings. The molecule has 5 rings (SSSR count). The number of rotatable bonds is 5. The third-order valence-electron chi connectivity index (χ3n) is 7.24. The van der Waals surface area contributed by atoms with Crippen LogP contribution >= 0.6 is 11.6 Å². The second-order valence-corrected chi connectivity index (χ2v) is 12.1. The molecule has 0 aromatic heterocycles. The van der Waals surface area contributed by atoms with Gasteiger partial charge in [-0.3, -0.25) is 10.2 Å². The number of carbonyl (C=O) groups excluding carboxylic acids is 1. The van der Waals surface area contributed by atoms with Crippen LogP contribution in [0.15, 0.2) is 93.3 Å². The first-order valence-corrected chi connectivity index (χ1v) is 15.0. The lowest BCUT2D eigenvalue weighted by Gasteiger charge is -2.19. The predicted molar refractivity (Wildman–Crippen MR) is 158 cm³/mol. The Kier molecular flexibility index (Phi) is 8.14. The number of nitrogens with one attached hydrogen (secondary N) is 2. The maximum Gasteiger partial charge on any atom is 0.284 e. The SMILES string of the molecule is CC(=O)NC(=N)/C(=N\S(=O)(=O)c1ccc(C2CCCC2)cc1)N1CC(c2ccccc2)C(c2ccc(Cl)cc2)=N1. The van der Waals surface area contributed by atoms with Gasteiger partial charge < -0.3 is 5.32 Å². The molecule has 3 aromatic carbocycles. The average Bonchev–Trinajstić information content (AvgIpc) is 3.64. The molecule has 40 heavy (non-hydrogen) atoms. The molecule has 10 heteroatoms. The molecule has 8 nitrogen and oxygen atoms in total. The Hall–Kier alpha value is -3.82. The van der Waals surface area contributed by atoms with Gasteiger partial charge >= 0.3 is 0 Å². The van der Waals surface area contributed by atoms with Gasteiger partial charge in [0.25, 0.3) is 10.0 Å². The quantitative estimate of drug-likeness (QED) is 0.300. The number of halogens is 1. The Morgan fingerprint density at radius 3 is 2.25 bits per heavy atom. The van der Waals surface area contributed by atoms with Crippen LogP contribution in [0.2, 0.25) is 5.02 Å². The maximum absolute atomic E-state index is 13.5. The van der Waals surface area contributed by atoms with Crippen molar-refractivity contribution in [2.45, 2.75) is 49.3 Å². The second-order valence-electron chi connectivity index (χ2n) is 10.0. The number of benzene rings is 3. The lowest BCUT2D eigenvalue weighted by molar-refractivity contribution is -0.117. The number of carbonyl (C=O) groups is 1. The van der Waals surface area contributed by atoms with E-state index in [9.17, 15) is 13.2 Å². The van der Waals surface area contributed by atoms with Gasteiger partial charge in [-0.05, 0) is 59.7 Å². The lowest BCUT2D eigenvalue weighted by atomic mass is 9.91. The number of nitrogens with zero attached hydrogens (tertiary/aromatic N) is 3. The molecule has 1 unspecified atom stereocenters. The van der Waals surface area contributed by atoms with E-state index in [0.29, 0.717) is 16.7 Å². The monoisotopic (exact) mass is 575 g/mol. The summed E-state index contributed by atoms with van der Waals surface area (Å²) < 4.78 is 31.0. The minimum Gasteiger partial charge on any atom is -0.308 e. The van der Waals surface area contributed by atoms with Gasteiger partial charge in [0.1, 0.15) is 0 Å². The third kappa shape index (κ3) is 6.16. The van der Waals surface area contributed by atoms with E-state index in [0.717, 1.165) is 29.5 Å². The van der Waals surface area contributed by atoms with Gasteiger partial charge in [-0.2, -0.15) is 13.5 Å². The number of amidine groups is 2. The molecule has 0 saturated heterocycles. The van der Waals surface area contributed by atoms with Crippen LogP contribution in [0.4, 0.5) is 0 Å². The fraction of sp³-hybridized carbons (Fsp3) is 0.267. The highest BCUT2D eigenvalue weighted by Gasteiger charge is 2.34. The Labute approximate surface area is 239 Å². The summed E-state index contributed by atoms with van der Waals surface area (Å²) >= 11 is 6.11. The maximum atomic E-state index is 13.5. The van der Waals surface area contributed by atoms with Crippen LogP contribution < -0.4 is 5.32 Å². The summed E-state index contributed by atoms with van der Waals surface area (Å²) in [5.41, 5.74) is 3.56. The van der Waals surface area contributed by atoms with Gasteiger partial charge in [-0.15, -0.1) is 4.40 Å². The van der Waals surface area contributed by atoms with Crippen LogP contribution in [-0.2, 0) is 14.8 Å². The van der Waals surface area contributed by atoms with E-state index in [1.807, 2.05) is 54.6 Å². The van der Waals surface area contributed by atoms with Crippen molar-refractivity contribution in [2.24, 2.45) is 9.50 Å². The van der Waals surface area contributed by atoms with Crippen molar-refractivity contribution < 1.29 is 13.2 Å². The summed E-state index contributed by atoms with van der Waals surface area (Å²) in [5.74, 6) is -1.03. The third-order valence-corrected chi connectivity index (χ3v) is 8.77. The molecule has 1 aliphatic carbocycles. The van der Waals surface area contributed by atoms with Crippen LogP contribution in [-0.4, -0.2) is 43.3 Å². The van der Waals surface area contributed by atoms with E-state index >= 15 is 0 Å². The fourth-order valence-corrected chi connectivity index (χ4v) is 6.38. The molecular weight excluding hydrogens is 546 g/mol. The van der Waals surface area contributed by atoms with Crippen molar-refractivity contribution in [1.29, 1.82) is 5.41 Å². The predicted octanol–water partition coefficient (Wildman–Crippen LogP) is 5.70. The highest BCUT2D eigenvalue weighted by atomic mass is 35.5. The van der Waals surface area contributed by atoms with Crippen molar-refractivity contribution in [3.63, 3.8) is 0 Å². The Balaban J connectivity index is 1.54. The standard InChI is InChI=1S/C30H30ClN5O3S/c1-20(37)33-29(32)30(35-40(38,39)26-17-13-22(14-18-26)21-7-5-6-8-21)36-19-27(23-9-3-2-4-10-23)28(34-36)24-11-15-25(31)16-12-24/h2-4,9-18,21,27H,5-8,19H2,1H3,(H2,32,33,37)/b35-30+. The molecule has 1 aliphatic heterocycles. The van der Waals surface area contributed by atoms with Crippen molar-refractivity contribution in [2.75, 3.05) is 6.54 Å². The van der Waals surface area contributed by atoms with Gasteiger partial charge in [-0.25, -0.2) is 5.01 Å². The van der Waals surface area contributed by atoms with Crippen LogP contribution in [0.3, 0.4) is 0 Å². The molecule has 0 radical (unpaired) electrons. The first-order valence-electron chi connectivity index (χ1n) is 13.2. The Morgan fingerprint density at radius 1 is 0.975 bits per heavy atom. The smallest absolute Gasteiger partial charge is 0.284 e. The zero-order valence-corrected chi connectivity index (χ0v) is 23.6. The van der Waals surface area contributed by atoms with Crippen LogP contribution in [0.1, 0.15) is 61.1 Å². The van der Waals surface area contributed by atoms with Gasteiger partial charge in [0.2, 0.25) is 11.7 Å². The summed E-state index contributed by atoms with van der Waals surface area (Å²) in [5, 5.41) is 17.6. The van der Waals surface area contributed by atoms with Gasteiger partial charge in [-0.1, -0.05) is 79.0 Å². The van der Waals surface area contributed by atoms with Crippen molar-refractivity contribution >= 4 is 44.9 Å². The number of sulfonamides is 1. The minimum atomic E-state index is -4.22. The minimum absolute atomic E-state index is 0.0167. The lowest BCUT2D eigenvalue weighted by Crippen LogP contribution is -2.42. The van der Waals surface area contributed by atoms with Crippen LogP contribution in [0, 0.1) is 5.41 Å². The average molecular weight is 576 g/mol. The van der Waals surface area contributed by atoms with E-state index in [1.54, 1.807) is 24.3 Å². The summed E-state index contributed by atoms with van der Waals surface area (Å²) in [7, 11) is -4.22. The number of hydrogen-bond acceptors (Lipinski definition) is 5. The van der Waals surface area contributed by atoms with Gasteiger partial charge in [0, 0.05) is 17.9 Å². The normalized spacial score (nSPS) is 18.1. The molecule has 1 saturated carbocycles. The molecular formula is C30H30ClN5O3S. The summed E-state index contributed by atoms with van der Waals surface area (Å²) in [6.45, 7) is 1.47. The largest absolute Gasteiger partial charge is 0.308 e. The van der Waals surface area contributed by atoms with E-state index in [-0.39, 0.29) is 23.2 Å². The molecule has 1 atom stereocenters. The van der Waals surface area contributed by atoms with E-state index in [2.05, 4.69) is 9.71 Å². The summed E-state index contributed by atoms with van der Waals surface area (Å²) in [6.07, 6.45) is 4.57. The molecule has 3 aromatic rings. The molecule has 1 amide bonds. The van der Waals surface area contributed by atoms with Crippen molar-refractivity contribution in [1.82, 2.24) is 10.3 Å². The van der Waals surface area contributed by atoms with E-state index in [1.165, 1.54) is 24.8 Å². The molecule has 1 fully saturated rings. The molecule has 1 heterocycles. The zero-order chi connectivity index (χ0) is 28.3. The van der Waals surface area contributed by atoms with Gasteiger partial charge in [0.15, 0.2) is 5.84 Å². The second kappa shape index (κ2) is 11.7. The Bertz CT molecular complexity index is 1560. The first kappa shape index (κ1) is 27.7. The van der Waals surface area contributed by atoms with Crippen LogP contribution in [0.5, 0.6) is 0 Å². The topological polar surface area (TPSA) is 115 Å². The van der Waals surface area contributed by atoms with Gasteiger partial charge in [0.05, 0.1) is 17.2 Å². The number of amides is 1. The highest BCUT2D eigenvalue weighted by molar-refractivity contribution is 7.90. The Morgan fingerprint density at radius 2 is 1.62 bits per heavy atom. The first-order chi connectivity index (χ1) is 19.2. The van der Waals surface area contributed by atoms with E-state index < -0.39 is 21.8 Å². The van der Waals surface area contributed by atoms with Crippen LogP contribution in [0.25, 0.3) is 0 Å². The molecule has 0 bridgehead atoms. The van der Waals surface area contributed by atoms with Crippen molar-refractivity contribution in [3.05, 3.63) is 101 Å². The highest BCUT2D eigenvalue weighted by Crippen LogP contribution is 2.35. The van der Waals surface area contributed by atoms with Crippen molar-refractivity contribution in [3.8, 4) is 0 Å². The van der Waals surface area contributed by atoms with E-state index in [4.69, 9.17) is 22.1 Å². The summed E-state index contributed by atoms with van der Waals surface area (Å²) in [6, 6.07) is 23.7. The number of hydrogen-bond donors (Lipinski definition) is 2. The summed E-state index contributed by atoms with van der Waals surface area (Å²) in [4.78, 5) is 11.9. The molecule has 206 valence electrons. The zero-order valence-electron chi connectivity index (χ0n) is 22.0. The molecule has 0 spiro atoms. The number of hydrazone groups is 1.